The van der Waals surface area contributed by atoms with Gasteiger partial charge in [0.15, 0.2) is 0 Å². The summed E-state index contributed by atoms with van der Waals surface area (Å²) >= 11 is 0. The number of hydrogen-bond acceptors (Lipinski definition) is 5. The van der Waals surface area contributed by atoms with Gasteiger partial charge in [-0.05, 0) is 27.7 Å². The molecule has 1 unspecified atom stereocenters. The number of rotatable bonds is 8. The molecule has 0 radical (unpaired) electrons. The summed E-state index contributed by atoms with van der Waals surface area (Å²) in [5, 5.41) is 3.37. The van der Waals surface area contributed by atoms with E-state index in [1.54, 1.807) is 0 Å². The zero-order valence-corrected chi connectivity index (χ0v) is 13.2. The van der Waals surface area contributed by atoms with Crippen molar-refractivity contribution in [2.75, 3.05) is 46.0 Å². The highest BCUT2D eigenvalue weighted by Crippen LogP contribution is 2.20. The topological polar surface area (TPSA) is 43.0 Å². The Morgan fingerprint density at radius 1 is 1.00 bits per heavy atom. The van der Waals surface area contributed by atoms with E-state index in [1.807, 2.05) is 20.8 Å². The molecule has 1 aliphatic rings. The van der Waals surface area contributed by atoms with Crippen LogP contribution in [-0.2, 0) is 13.3 Å². The largest absolute Gasteiger partial charge is 0.518 e. The Labute approximate surface area is 112 Å². The molecular formula is C12H28N2O3Si. The predicted octanol–water partition coefficient (Wildman–Crippen LogP) is 0.868. The van der Waals surface area contributed by atoms with Crippen LogP contribution in [0.4, 0.5) is 0 Å². The van der Waals surface area contributed by atoms with Crippen molar-refractivity contribution in [3.05, 3.63) is 0 Å². The molecule has 0 bridgehead atoms. The molecule has 0 aromatic rings. The second-order valence-corrected chi connectivity index (χ2v) is 7.27. The minimum atomic E-state index is -2.59. The van der Waals surface area contributed by atoms with Crippen LogP contribution in [0.5, 0.6) is 0 Å². The first-order valence-electron chi connectivity index (χ1n) is 7.06. The fraction of sp³-hybridized carbons (Fsp3) is 1.00. The average molecular weight is 276 g/mol. The van der Waals surface area contributed by atoms with E-state index in [-0.39, 0.29) is 5.67 Å². The van der Waals surface area contributed by atoms with Crippen molar-refractivity contribution in [2.24, 2.45) is 0 Å². The lowest BCUT2D eigenvalue weighted by atomic mass is 10.4. The predicted molar refractivity (Wildman–Crippen MR) is 74.5 cm³/mol. The van der Waals surface area contributed by atoms with Crippen LogP contribution in [0.1, 0.15) is 27.7 Å². The lowest BCUT2D eigenvalue weighted by Crippen LogP contribution is -2.64. The van der Waals surface area contributed by atoms with Gasteiger partial charge in [-0.1, -0.05) is 0 Å². The van der Waals surface area contributed by atoms with E-state index in [9.17, 15) is 0 Å². The van der Waals surface area contributed by atoms with Crippen LogP contribution >= 0.6 is 0 Å². The quantitative estimate of drug-likeness (QED) is 0.666. The van der Waals surface area contributed by atoms with Crippen LogP contribution in [-0.4, -0.2) is 65.4 Å². The van der Waals surface area contributed by atoms with Gasteiger partial charge in [0.05, 0.1) is 5.67 Å². The third-order valence-corrected chi connectivity index (χ3v) is 6.71. The number of nitrogens with one attached hydrogen (secondary N) is 1. The van der Waals surface area contributed by atoms with E-state index < -0.39 is 8.80 Å². The monoisotopic (exact) mass is 276 g/mol. The molecule has 1 atom stereocenters. The Bertz CT molecular complexity index is 208. The smallest absolute Gasteiger partial charge is 0.373 e. The van der Waals surface area contributed by atoms with Gasteiger partial charge in [-0.15, -0.1) is 0 Å². The molecule has 6 heteroatoms. The van der Waals surface area contributed by atoms with Crippen LogP contribution in [0.15, 0.2) is 0 Å². The Morgan fingerprint density at radius 2 is 1.44 bits per heavy atom. The molecule has 1 saturated heterocycles. The molecule has 0 aliphatic carbocycles. The van der Waals surface area contributed by atoms with Crippen LogP contribution < -0.4 is 5.32 Å². The molecule has 1 rings (SSSR count). The summed E-state index contributed by atoms with van der Waals surface area (Å²) in [6.45, 7) is 14.2. The van der Waals surface area contributed by atoms with E-state index in [4.69, 9.17) is 13.3 Å². The van der Waals surface area contributed by atoms with E-state index in [0.717, 1.165) is 26.2 Å². The van der Waals surface area contributed by atoms with Crippen molar-refractivity contribution in [3.63, 3.8) is 0 Å². The van der Waals surface area contributed by atoms with E-state index in [2.05, 4.69) is 17.1 Å². The minimum Gasteiger partial charge on any atom is -0.373 e. The second kappa shape index (κ2) is 8.24. The number of nitrogens with zero attached hydrogens (tertiary/aromatic N) is 1. The molecule has 0 spiro atoms. The third kappa shape index (κ3) is 4.01. The maximum Gasteiger partial charge on any atom is 0.518 e. The van der Waals surface area contributed by atoms with Gasteiger partial charge in [-0.2, -0.15) is 0 Å². The molecule has 0 amide bonds. The second-order valence-electron chi connectivity index (χ2n) is 4.36. The standard InChI is InChI=1S/C12H28N2O3Si/c1-5-15-18(16-6-2,17-7-3)12(4)14-10-8-13-9-11-14/h12-13H,5-11H2,1-4H3. The summed E-state index contributed by atoms with van der Waals surface area (Å²) in [6.07, 6.45) is 0. The molecule has 5 nitrogen and oxygen atoms in total. The van der Waals surface area contributed by atoms with Crippen LogP contribution in [0.3, 0.4) is 0 Å². The Balaban J connectivity index is 2.76. The summed E-state index contributed by atoms with van der Waals surface area (Å²) < 4.78 is 17.9. The fourth-order valence-corrected chi connectivity index (χ4v) is 5.27. The van der Waals surface area contributed by atoms with Crippen molar-refractivity contribution in [1.82, 2.24) is 10.2 Å². The van der Waals surface area contributed by atoms with Crippen LogP contribution in [0.25, 0.3) is 0 Å². The van der Waals surface area contributed by atoms with E-state index in [1.165, 1.54) is 0 Å². The fourth-order valence-electron chi connectivity index (χ4n) is 2.38. The first-order chi connectivity index (χ1) is 8.70. The molecule has 1 N–H and O–H groups in total. The molecule has 1 aliphatic heterocycles. The highest BCUT2D eigenvalue weighted by atomic mass is 28.4. The Hall–Kier alpha value is 0.0169. The normalized spacial score (nSPS) is 20.0. The maximum atomic E-state index is 5.96. The van der Waals surface area contributed by atoms with Gasteiger partial charge in [0, 0.05) is 46.0 Å². The SMILES string of the molecule is CCO[Si](OCC)(OCC)C(C)N1CCNCC1. The number of piperazine rings is 1. The first kappa shape index (κ1) is 16.1. The molecule has 0 saturated carbocycles. The first-order valence-corrected chi connectivity index (χ1v) is 8.87. The molecule has 0 aromatic carbocycles. The molecule has 108 valence electrons. The summed E-state index contributed by atoms with van der Waals surface area (Å²) in [5.41, 5.74) is 0.222. The van der Waals surface area contributed by atoms with Gasteiger partial charge in [0.25, 0.3) is 0 Å². The number of hydrogen-bond donors (Lipinski definition) is 1. The van der Waals surface area contributed by atoms with Crippen molar-refractivity contribution in [1.29, 1.82) is 0 Å². The van der Waals surface area contributed by atoms with E-state index >= 15 is 0 Å². The zero-order valence-electron chi connectivity index (χ0n) is 12.2. The van der Waals surface area contributed by atoms with Gasteiger partial charge in [0.2, 0.25) is 0 Å². The maximum absolute atomic E-state index is 5.96. The average Bonchev–Trinajstić information content (AvgIpc) is 2.39. The van der Waals surface area contributed by atoms with Crippen LogP contribution in [0, 0.1) is 0 Å². The molecule has 1 fully saturated rings. The van der Waals surface area contributed by atoms with E-state index in [0.29, 0.717) is 19.8 Å². The Kier molecular flexibility index (Phi) is 7.36. The lowest BCUT2D eigenvalue weighted by molar-refractivity contribution is 0.0359. The van der Waals surface area contributed by atoms with Crippen molar-refractivity contribution in [2.45, 2.75) is 33.4 Å². The zero-order chi connectivity index (χ0) is 13.4. The lowest BCUT2D eigenvalue weighted by Gasteiger charge is -2.41. The summed E-state index contributed by atoms with van der Waals surface area (Å²) in [5.74, 6) is 0. The van der Waals surface area contributed by atoms with Crippen LogP contribution in [0.2, 0.25) is 0 Å². The van der Waals surface area contributed by atoms with Crippen molar-refractivity contribution in [3.8, 4) is 0 Å². The van der Waals surface area contributed by atoms with Crippen molar-refractivity contribution < 1.29 is 13.3 Å². The minimum absolute atomic E-state index is 0.222. The molecule has 18 heavy (non-hydrogen) atoms. The van der Waals surface area contributed by atoms with Gasteiger partial charge >= 0.3 is 8.80 Å². The summed E-state index contributed by atoms with van der Waals surface area (Å²) in [6, 6.07) is 0. The molecule has 1 heterocycles. The van der Waals surface area contributed by atoms with Gasteiger partial charge in [0.1, 0.15) is 0 Å². The summed E-state index contributed by atoms with van der Waals surface area (Å²) in [4.78, 5) is 2.42. The van der Waals surface area contributed by atoms with Gasteiger partial charge in [-0.3, -0.25) is 4.90 Å². The highest BCUT2D eigenvalue weighted by molar-refractivity contribution is 6.62. The van der Waals surface area contributed by atoms with Gasteiger partial charge in [-0.25, -0.2) is 0 Å². The van der Waals surface area contributed by atoms with Gasteiger partial charge < -0.3 is 18.6 Å². The highest BCUT2D eigenvalue weighted by Gasteiger charge is 2.49. The molecular weight excluding hydrogens is 248 g/mol. The third-order valence-electron chi connectivity index (χ3n) is 3.25. The summed E-state index contributed by atoms with van der Waals surface area (Å²) in [7, 11) is -2.59. The Morgan fingerprint density at radius 3 is 1.83 bits per heavy atom. The molecule has 0 aromatic heterocycles. The van der Waals surface area contributed by atoms with Crippen molar-refractivity contribution >= 4 is 8.80 Å².